The second-order valence-corrected chi connectivity index (χ2v) is 11.1. The van der Waals surface area contributed by atoms with Crippen LogP contribution in [-0.2, 0) is 53.5 Å². The van der Waals surface area contributed by atoms with E-state index in [2.05, 4.69) is 15.0 Å². The number of imidazole rings is 1. The van der Waals surface area contributed by atoms with Gasteiger partial charge in [-0.3, -0.25) is 32.8 Å². The third kappa shape index (κ3) is 13.5. The fourth-order valence-corrected chi connectivity index (χ4v) is 3.66. The van der Waals surface area contributed by atoms with Crippen LogP contribution in [0.2, 0.25) is 0 Å². The van der Waals surface area contributed by atoms with Gasteiger partial charge in [-0.05, 0) is 6.92 Å². The molecule has 0 radical (unpaired) electrons. The molecule has 0 spiro atoms. The Bertz CT molecular complexity index is 1170. The van der Waals surface area contributed by atoms with Gasteiger partial charge in [0.1, 0.15) is 18.2 Å². The largest absolute Gasteiger partial charge is 0.481 e. The molecule has 0 saturated carbocycles. The van der Waals surface area contributed by atoms with Gasteiger partial charge in [0.15, 0.2) is 11.5 Å². The van der Waals surface area contributed by atoms with E-state index in [0.717, 1.165) is 0 Å². The molecule has 0 amide bonds. The fraction of sp³-hybridized carbons (Fsp3) is 0.609. The lowest BCUT2D eigenvalue weighted by Gasteiger charge is -2.21. The minimum absolute atomic E-state index is 0.255. The van der Waals surface area contributed by atoms with Gasteiger partial charge in [-0.15, -0.1) is 0 Å². The third-order valence-electron chi connectivity index (χ3n) is 4.80. The smallest absolute Gasteiger partial charge is 0.361 e. The number of carboxylic acid groups (broad SMARTS) is 2. The van der Waals surface area contributed by atoms with E-state index in [1.54, 1.807) is 45.5 Å². The zero-order valence-electron chi connectivity index (χ0n) is 23.4. The molecule has 4 N–H and O–H groups in total. The monoisotopic (exact) mass is 605 g/mol. The molecule has 0 saturated heterocycles. The minimum Gasteiger partial charge on any atom is -0.481 e. The van der Waals surface area contributed by atoms with Gasteiger partial charge in [0.25, 0.3) is 0 Å². The van der Waals surface area contributed by atoms with E-state index in [4.69, 9.17) is 39.2 Å². The number of nitrogen functional groups attached to an aromatic ring is 1. The molecule has 0 aromatic carbocycles. The summed E-state index contributed by atoms with van der Waals surface area (Å²) < 4.78 is 40.6. The first-order chi connectivity index (χ1) is 19.1. The van der Waals surface area contributed by atoms with Crippen molar-refractivity contribution in [2.75, 3.05) is 25.7 Å². The fourth-order valence-electron chi connectivity index (χ4n) is 2.57. The summed E-state index contributed by atoms with van der Waals surface area (Å²) in [4.78, 5) is 54.7. The molecule has 0 aliphatic rings. The Morgan fingerprint density at radius 1 is 0.902 bits per heavy atom. The van der Waals surface area contributed by atoms with Crippen LogP contribution in [0.3, 0.4) is 0 Å². The van der Waals surface area contributed by atoms with Crippen LogP contribution in [0.5, 0.6) is 0 Å². The summed E-state index contributed by atoms with van der Waals surface area (Å²) in [6.07, 6.45) is 1.32. The number of rotatable bonds is 16. The molecular formula is C23H36N5O12P. The first-order valence-electron chi connectivity index (χ1n) is 12.3. The number of hydrogen-bond donors (Lipinski definition) is 3. The molecule has 41 heavy (non-hydrogen) atoms. The summed E-state index contributed by atoms with van der Waals surface area (Å²) in [6, 6.07) is 0. The topological polar surface area (TPSA) is 242 Å². The Kier molecular flexibility index (Phi) is 14.9. The maximum atomic E-state index is 13.1. The average Bonchev–Trinajstić information content (AvgIpc) is 3.30. The highest BCUT2D eigenvalue weighted by Gasteiger charge is 2.29. The highest BCUT2D eigenvalue weighted by atomic mass is 31.2. The lowest BCUT2D eigenvalue weighted by Crippen LogP contribution is -2.20. The van der Waals surface area contributed by atoms with E-state index in [1.165, 1.54) is 6.33 Å². The Morgan fingerprint density at radius 2 is 1.41 bits per heavy atom. The average molecular weight is 606 g/mol. The predicted molar refractivity (Wildman–Crippen MR) is 141 cm³/mol. The summed E-state index contributed by atoms with van der Waals surface area (Å²) in [5, 5.41) is 15.8. The molecule has 0 bridgehead atoms. The molecule has 230 valence electrons. The number of nitrogens with zero attached hydrogens (tertiary/aromatic N) is 4. The van der Waals surface area contributed by atoms with Gasteiger partial charge in [0, 0.05) is 0 Å². The van der Waals surface area contributed by atoms with Gasteiger partial charge < -0.3 is 34.7 Å². The molecule has 2 aromatic heterocycles. The molecule has 0 unspecified atom stereocenters. The third-order valence-corrected chi connectivity index (χ3v) is 6.26. The van der Waals surface area contributed by atoms with Gasteiger partial charge in [0.05, 0.1) is 43.7 Å². The number of carbonyl (C=O) groups is 4. The molecule has 0 aliphatic heterocycles. The van der Waals surface area contributed by atoms with Gasteiger partial charge >= 0.3 is 31.5 Å². The molecular weight excluding hydrogens is 569 g/mol. The van der Waals surface area contributed by atoms with Gasteiger partial charge in [-0.25, -0.2) is 15.0 Å². The minimum atomic E-state index is -3.94. The van der Waals surface area contributed by atoms with Crippen LogP contribution < -0.4 is 5.73 Å². The summed E-state index contributed by atoms with van der Waals surface area (Å²) in [5.41, 5.74) is 6.77. The standard InChI is InChI=1S/C19H30N5O8P.C4H6O4/c1-12(2)18(25)28-9-31-33(27,32-10-29-19(26)13(3)4)11-30-14(5)6-24-8-23-15-16(20)21-7-22-17(15)24;5-3(6)1-2-4(7)8/h7-8,12-14H,6,9-11H2,1-5H3,(H2,20,21,22);1-2H2,(H,5,6)(H,7,8)/t14-;/m1./s1. The van der Waals surface area contributed by atoms with Crippen molar-refractivity contribution in [3.63, 3.8) is 0 Å². The second-order valence-electron chi connectivity index (χ2n) is 9.06. The zero-order chi connectivity index (χ0) is 31.2. The van der Waals surface area contributed by atoms with Gasteiger partial charge in [-0.1, -0.05) is 27.7 Å². The number of aromatic nitrogens is 4. The lowest BCUT2D eigenvalue weighted by molar-refractivity contribution is -0.156. The molecule has 18 heteroatoms. The van der Waals surface area contributed by atoms with Crippen molar-refractivity contribution in [3.8, 4) is 0 Å². The number of aliphatic carboxylic acids is 2. The highest BCUT2D eigenvalue weighted by molar-refractivity contribution is 7.53. The Hall–Kier alpha value is -3.66. The van der Waals surface area contributed by atoms with Crippen molar-refractivity contribution in [3.05, 3.63) is 12.7 Å². The molecule has 17 nitrogen and oxygen atoms in total. The second kappa shape index (κ2) is 17.2. The van der Waals surface area contributed by atoms with Crippen molar-refractivity contribution in [1.82, 2.24) is 19.5 Å². The van der Waals surface area contributed by atoms with Crippen molar-refractivity contribution >= 4 is 48.5 Å². The van der Waals surface area contributed by atoms with Crippen molar-refractivity contribution in [2.24, 2.45) is 11.8 Å². The number of fused-ring (bicyclic) bond motifs is 1. The number of carbonyl (C=O) groups excluding carboxylic acids is 2. The maximum absolute atomic E-state index is 13.1. The predicted octanol–water partition coefficient (Wildman–Crippen LogP) is 2.25. The molecule has 0 aliphatic carbocycles. The van der Waals surface area contributed by atoms with E-state index in [1.807, 2.05) is 0 Å². The van der Waals surface area contributed by atoms with E-state index in [9.17, 15) is 23.7 Å². The maximum Gasteiger partial charge on any atom is 0.361 e. The summed E-state index contributed by atoms with van der Waals surface area (Å²) in [6.45, 7) is 7.41. The highest BCUT2D eigenvalue weighted by Crippen LogP contribution is 2.48. The lowest BCUT2D eigenvalue weighted by atomic mass is 10.2. The molecule has 2 rings (SSSR count). The summed E-state index contributed by atoms with van der Waals surface area (Å²) in [7, 11) is -3.94. The van der Waals surface area contributed by atoms with Crippen LogP contribution in [0.15, 0.2) is 12.7 Å². The van der Waals surface area contributed by atoms with Crippen LogP contribution in [0, 0.1) is 11.8 Å². The van der Waals surface area contributed by atoms with Crippen LogP contribution >= 0.6 is 7.60 Å². The Balaban J connectivity index is 0.000000915. The first kappa shape index (κ1) is 35.4. The van der Waals surface area contributed by atoms with Crippen LogP contribution in [0.25, 0.3) is 11.2 Å². The SMILES string of the molecule is CC(C)C(=O)OCOP(=O)(CO[C@H](C)Cn1cnc2c(N)ncnc21)OCOC(=O)C(C)C.O=C(O)CCC(=O)O. The van der Waals surface area contributed by atoms with E-state index >= 15 is 0 Å². The molecule has 2 heterocycles. The van der Waals surface area contributed by atoms with Crippen molar-refractivity contribution < 1.29 is 57.2 Å². The number of hydrogen-bond acceptors (Lipinski definition) is 14. The number of nitrogens with two attached hydrogens (primary N) is 1. The Labute approximate surface area is 235 Å². The van der Waals surface area contributed by atoms with Gasteiger partial charge in [0.2, 0.25) is 13.6 Å². The number of ether oxygens (including phenoxy) is 3. The zero-order valence-corrected chi connectivity index (χ0v) is 24.3. The summed E-state index contributed by atoms with van der Waals surface area (Å²) >= 11 is 0. The molecule has 0 fully saturated rings. The van der Waals surface area contributed by atoms with Crippen LogP contribution in [0.1, 0.15) is 47.5 Å². The van der Waals surface area contributed by atoms with E-state index < -0.39 is 57.5 Å². The van der Waals surface area contributed by atoms with Crippen LogP contribution in [-0.4, -0.2) is 79.6 Å². The first-order valence-corrected chi connectivity index (χ1v) is 14.1. The number of anilines is 1. The van der Waals surface area contributed by atoms with Crippen molar-refractivity contribution in [1.29, 1.82) is 0 Å². The van der Waals surface area contributed by atoms with Crippen molar-refractivity contribution in [2.45, 2.75) is 60.1 Å². The van der Waals surface area contributed by atoms with Gasteiger partial charge in [-0.2, -0.15) is 0 Å². The number of carboxylic acids is 2. The molecule has 1 atom stereocenters. The van der Waals surface area contributed by atoms with E-state index in [-0.39, 0.29) is 30.5 Å². The summed E-state index contributed by atoms with van der Waals surface area (Å²) in [5.74, 6) is -3.74. The molecule has 2 aromatic rings. The number of esters is 2. The van der Waals surface area contributed by atoms with E-state index in [0.29, 0.717) is 17.7 Å². The van der Waals surface area contributed by atoms with Crippen LogP contribution in [0.4, 0.5) is 5.82 Å². The Morgan fingerprint density at radius 3 is 1.88 bits per heavy atom. The normalized spacial score (nSPS) is 12.1. The quantitative estimate of drug-likeness (QED) is 0.141.